The Kier molecular flexibility index (Phi) is 6.59. The molecule has 0 saturated carbocycles. The Morgan fingerprint density at radius 2 is 1.70 bits per heavy atom. The third kappa shape index (κ3) is 10.1. The van der Waals surface area contributed by atoms with Crippen LogP contribution in [0.2, 0.25) is 0 Å². The van der Waals surface area contributed by atoms with Crippen LogP contribution in [-0.4, -0.2) is 59.1 Å². The number of sulfone groups is 1. The Hall–Kier alpha value is -0.710. The largest absolute Gasteiger partial charge is 0.353 e. The summed E-state index contributed by atoms with van der Waals surface area (Å²) in [6.07, 6.45) is 2.11. The van der Waals surface area contributed by atoms with Gasteiger partial charge in [0.2, 0.25) is 15.9 Å². The van der Waals surface area contributed by atoms with Crippen molar-refractivity contribution in [1.82, 2.24) is 10.0 Å². The van der Waals surface area contributed by atoms with Crippen LogP contribution >= 0.6 is 0 Å². The average molecular weight is 329 g/mol. The van der Waals surface area contributed by atoms with Crippen molar-refractivity contribution in [3.8, 4) is 0 Å². The topological polar surface area (TPSA) is 135 Å². The van der Waals surface area contributed by atoms with Gasteiger partial charge < -0.3 is 11.1 Å². The number of nitrogens with one attached hydrogen (secondary N) is 2. The summed E-state index contributed by atoms with van der Waals surface area (Å²) in [6.45, 7) is 3.26. The summed E-state index contributed by atoms with van der Waals surface area (Å²) in [5.74, 6) is -0.691. The highest BCUT2D eigenvalue weighted by Gasteiger charge is 2.24. The molecule has 10 heteroatoms. The standard InChI is InChI=1S/C10H23N3O5S2/c1-10(2,13-20(4,17)18)7-12-9(14)8(11)5-6-19(3,15)16/h8,13H,5-7,11H2,1-4H3,(H,12,14). The number of amides is 1. The second kappa shape index (κ2) is 6.83. The van der Waals surface area contributed by atoms with Crippen molar-refractivity contribution in [2.45, 2.75) is 31.8 Å². The van der Waals surface area contributed by atoms with E-state index in [1.807, 2.05) is 0 Å². The van der Waals surface area contributed by atoms with E-state index in [9.17, 15) is 21.6 Å². The fraction of sp³-hybridized carbons (Fsp3) is 0.900. The van der Waals surface area contributed by atoms with E-state index in [0.29, 0.717) is 0 Å². The lowest BCUT2D eigenvalue weighted by Crippen LogP contribution is -2.53. The lowest BCUT2D eigenvalue weighted by Gasteiger charge is -2.26. The Morgan fingerprint density at radius 3 is 2.10 bits per heavy atom. The first kappa shape index (κ1) is 19.3. The number of carbonyl (C=O) groups is 1. The van der Waals surface area contributed by atoms with Gasteiger partial charge in [0, 0.05) is 18.3 Å². The zero-order valence-corrected chi connectivity index (χ0v) is 13.8. The fourth-order valence-electron chi connectivity index (χ4n) is 1.45. The summed E-state index contributed by atoms with van der Waals surface area (Å²) >= 11 is 0. The van der Waals surface area contributed by atoms with E-state index in [0.717, 1.165) is 12.5 Å². The van der Waals surface area contributed by atoms with Crippen molar-refractivity contribution < 1.29 is 21.6 Å². The van der Waals surface area contributed by atoms with Crippen LogP contribution in [0.4, 0.5) is 0 Å². The molecule has 0 saturated heterocycles. The summed E-state index contributed by atoms with van der Waals surface area (Å²) in [5.41, 5.74) is 4.70. The monoisotopic (exact) mass is 329 g/mol. The zero-order valence-electron chi connectivity index (χ0n) is 12.1. The molecule has 0 rings (SSSR count). The van der Waals surface area contributed by atoms with Gasteiger partial charge in [-0.3, -0.25) is 4.79 Å². The van der Waals surface area contributed by atoms with Gasteiger partial charge in [-0.1, -0.05) is 0 Å². The van der Waals surface area contributed by atoms with E-state index < -0.39 is 37.3 Å². The summed E-state index contributed by atoms with van der Waals surface area (Å²) in [4.78, 5) is 11.7. The lowest BCUT2D eigenvalue weighted by molar-refractivity contribution is -0.122. The third-order valence-corrected chi connectivity index (χ3v) is 4.20. The quantitative estimate of drug-likeness (QED) is 0.480. The predicted molar refractivity (Wildman–Crippen MR) is 77.4 cm³/mol. The maximum Gasteiger partial charge on any atom is 0.237 e. The highest BCUT2D eigenvalue weighted by Crippen LogP contribution is 2.02. The van der Waals surface area contributed by atoms with E-state index in [4.69, 9.17) is 5.73 Å². The molecule has 0 heterocycles. The van der Waals surface area contributed by atoms with Crippen LogP contribution < -0.4 is 15.8 Å². The minimum Gasteiger partial charge on any atom is -0.353 e. The van der Waals surface area contributed by atoms with E-state index >= 15 is 0 Å². The van der Waals surface area contributed by atoms with Crippen molar-refractivity contribution in [2.75, 3.05) is 24.8 Å². The van der Waals surface area contributed by atoms with Crippen molar-refractivity contribution in [1.29, 1.82) is 0 Å². The van der Waals surface area contributed by atoms with Crippen molar-refractivity contribution >= 4 is 25.8 Å². The van der Waals surface area contributed by atoms with Crippen LogP contribution in [0.1, 0.15) is 20.3 Å². The third-order valence-electron chi connectivity index (χ3n) is 2.30. The molecule has 0 aliphatic carbocycles. The highest BCUT2D eigenvalue weighted by molar-refractivity contribution is 7.90. The molecule has 0 aliphatic rings. The minimum atomic E-state index is -3.39. The molecule has 0 bridgehead atoms. The molecule has 120 valence electrons. The predicted octanol–water partition coefficient (Wildman–Crippen LogP) is -1.81. The van der Waals surface area contributed by atoms with E-state index in [-0.39, 0.29) is 18.7 Å². The molecule has 1 atom stereocenters. The summed E-state index contributed by atoms with van der Waals surface area (Å²) < 4.78 is 46.5. The number of sulfonamides is 1. The van der Waals surface area contributed by atoms with Crippen LogP contribution in [0, 0.1) is 0 Å². The van der Waals surface area contributed by atoms with Crippen LogP contribution in [-0.2, 0) is 24.7 Å². The number of nitrogens with two attached hydrogens (primary N) is 1. The van der Waals surface area contributed by atoms with Crippen molar-refractivity contribution in [2.24, 2.45) is 5.73 Å². The van der Waals surface area contributed by atoms with Gasteiger partial charge in [-0.2, -0.15) is 0 Å². The van der Waals surface area contributed by atoms with Gasteiger partial charge >= 0.3 is 0 Å². The second-order valence-electron chi connectivity index (χ2n) is 5.50. The van der Waals surface area contributed by atoms with Crippen LogP contribution in [0.15, 0.2) is 0 Å². The number of hydrogen-bond donors (Lipinski definition) is 3. The number of hydrogen-bond acceptors (Lipinski definition) is 6. The van der Waals surface area contributed by atoms with Gasteiger partial charge in [-0.25, -0.2) is 21.6 Å². The maximum atomic E-state index is 11.7. The molecule has 20 heavy (non-hydrogen) atoms. The first-order valence-electron chi connectivity index (χ1n) is 5.92. The van der Waals surface area contributed by atoms with Crippen molar-refractivity contribution in [3.05, 3.63) is 0 Å². The van der Waals surface area contributed by atoms with Gasteiger partial charge in [0.15, 0.2) is 0 Å². The van der Waals surface area contributed by atoms with Crippen LogP contribution in [0.3, 0.4) is 0 Å². The van der Waals surface area contributed by atoms with Crippen LogP contribution in [0.25, 0.3) is 0 Å². The molecule has 1 amide bonds. The minimum absolute atomic E-state index is 0.0185. The smallest absolute Gasteiger partial charge is 0.237 e. The fourth-order valence-corrected chi connectivity index (χ4v) is 3.21. The Balaban J connectivity index is 4.34. The van der Waals surface area contributed by atoms with Crippen molar-refractivity contribution in [3.63, 3.8) is 0 Å². The molecule has 0 aromatic carbocycles. The summed E-state index contributed by atoms with van der Waals surface area (Å²) in [7, 11) is -6.56. The summed E-state index contributed by atoms with van der Waals surface area (Å²) in [6, 6.07) is -0.946. The van der Waals surface area contributed by atoms with Crippen LogP contribution in [0.5, 0.6) is 0 Å². The number of carbonyl (C=O) groups excluding carboxylic acids is 1. The van der Waals surface area contributed by atoms with Gasteiger partial charge in [-0.15, -0.1) is 0 Å². The molecule has 0 radical (unpaired) electrons. The molecular weight excluding hydrogens is 306 g/mol. The normalized spacial score (nSPS) is 14.8. The zero-order chi connectivity index (χ0) is 16.2. The first-order valence-corrected chi connectivity index (χ1v) is 9.87. The SMILES string of the molecule is CC(C)(CNC(=O)C(N)CCS(C)(=O)=O)NS(C)(=O)=O. The average Bonchev–Trinajstić information content (AvgIpc) is 2.18. The Labute approximate surface area is 120 Å². The first-order chi connectivity index (χ1) is 8.72. The molecule has 0 aliphatic heterocycles. The van der Waals surface area contributed by atoms with Gasteiger partial charge in [0.1, 0.15) is 9.84 Å². The van der Waals surface area contributed by atoms with E-state index in [1.165, 1.54) is 0 Å². The second-order valence-corrected chi connectivity index (χ2v) is 9.51. The van der Waals surface area contributed by atoms with Gasteiger partial charge in [0.05, 0.1) is 18.1 Å². The Bertz CT molecular complexity index is 539. The molecule has 0 spiro atoms. The molecule has 0 aromatic rings. The molecule has 4 N–H and O–H groups in total. The van der Waals surface area contributed by atoms with Gasteiger partial charge in [0.25, 0.3) is 0 Å². The van der Waals surface area contributed by atoms with Gasteiger partial charge in [-0.05, 0) is 20.3 Å². The molecule has 1 unspecified atom stereocenters. The molecule has 0 aromatic heterocycles. The van der Waals surface area contributed by atoms with E-state index in [2.05, 4.69) is 10.0 Å². The Morgan fingerprint density at radius 1 is 1.20 bits per heavy atom. The maximum absolute atomic E-state index is 11.7. The number of rotatable bonds is 8. The molecular formula is C10H23N3O5S2. The highest BCUT2D eigenvalue weighted by atomic mass is 32.2. The summed E-state index contributed by atoms with van der Waals surface area (Å²) in [5, 5.41) is 2.50. The molecule has 8 nitrogen and oxygen atoms in total. The lowest BCUT2D eigenvalue weighted by atomic mass is 10.1. The molecule has 0 fully saturated rings. The van der Waals surface area contributed by atoms with E-state index in [1.54, 1.807) is 13.8 Å².